The Balaban J connectivity index is 2.48. The molecule has 0 radical (unpaired) electrons. The number of H-pyrrole nitrogens is 1. The van der Waals surface area contributed by atoms with Gasteiger partial charge in [-0.25, -0.2) is 4.79 Å². The molecule has 0 bridgehead atoms. The van der Waals surface area contributed by atoms with Crippen LogP contribution in [-0.4, -0.2) is 16.2 Å². The Bertz CT molecular complexity index is 509. The molecule has 1 aromatic heterocycles. The molecule has 3 N–H and O–H groups in total. The molecular formula is C11H9ClN2O2. The average molecular weight is 237 g/mol. The van der Waals surface area contributed by atoms with Crippen LogP contribution in [0, 0.1) is 0 Å². The molecule has 0 spiro atoms. The quantitative estimate of drug-likeness (QED) is 0.748. The van der Waals surface area contributed by atoms with Crippen LogP contribution in [0.4, 0.5) is 10.5 Å². The fraction of sp³-hybridized carbons (Fsp3) is 0. The first-order valence-corrected chi connectivity index (χ1v) is 4.98. The molecule has 0 saturated carbocycles. The summed E-state index contributed by atoms with van der Waals surface area (Å²) in [5, 5.41) is 11.6. The van der Waals surface area contributed by atoms with Gasteiger partial charge in [0.25, 0.3) is 0 Å². The largest absolute Gasteiger partial charge is 0.465 e. The molecule has 0 atom stereocenters. The van der Waals surface area contributed by atoms with E-state index in [2.05, 4.69) is 10.3 Å². The number of rotatable bonds is 2. The summed E-state index contributed by atoms with van der Waals surface area (Å²) in [5.74, 6) is 0. The molecule has 0 aliphatic heterocycles. The molecule has 16 heavy (non-hydrogen) atoms. The Morgan fingerprint density at radius 3 is 2.81 bits per heavy atom. The fourth-order valence-electron chi connectivity index (χ4n) is 1.46. The Hall–Kier alpha value is -1.94. The Labute approximate surface area is 96.9 Å². The number of aromatic nitrogens is 1. The van der Waals surface area contributed by atoms with Crippen LogP contribution < -0.4 is 5.32 Å². The van der Waals surface area contributed by atoms with Crippen LogP contribution >= 0.6 is 11.6 Å². The number of carbonyl (C=O) groups is 1. The Morgan fingerprint density at radius 2 is 2.19 bits per heavy atom. The van der Waals surface area contributed by atoms with Crippen molar-refractivity contribution in [2.45, 2.75) is 0 Å². The smallest absolute Gasteiger partial charge is 0.409 e. The SMILES string of the molecule is O=C(O)Nc1ccc(Cl)cc1-c1ccc[nH]1. The number of hydrogen-bond acceptors (Lipinski definition) is 1. The van der Waals surface area contributed by atoms with Crippen molar-refractivity contribution in [3.8, 4) is 11.3 Å². The number of anilines is 1. The van der Waals surface area contributed by atoms with Crippen molar-refractivity contribution in [2.24, 2.45) is 0 Å². The average Bonchev–Trinajstić information content (AvgIpc) is 2.73. The molecule has 1 amide bonds. The maximum Gasteiger partial charge on any atom is 0.409 e. The summed E-state index contributed by atoms with van der Waals surface area (Å²) in [6.07, 6.45) is 0.663. The van der Waals surface area contributed by atoms with E-state index in [1.807, 2.05) is 12.1 Å². The van der Waals surface area contributed by atoms with Crippen LogP contribution in [0.3, 0.4) is 0 Å². The molecule has 0 fully saturated rings. The number of hydrogen-bond donors (Lipinski definition) is 3. The molecule has 4 nitrogen and oxygen atoms in total. The van der Waals surface area contributed by atoms with Gasteiger partial charge in [0.05, 0.1) is 5.69 Å². The first-order valence-electron chi connectivity index (χ1n) is 4.60. The number of benzene rings is 1. The summed E-state index contributed by atoms with van der Waals surface area (Å²) in [4.78, 5) is 13.6. The van der Waals surface area contributed by atoms with E-state index in [0.717, 1.165) is 11.3 Å². The second-order valence-corrected chi connectivity index (χ2v) is 3.64. The maximum absolute atomic E-state index is 10.6. The first kappa shape index (κ1) is 10.6. The molecule has 82 valence electrons. The molecule has 5 heteroatoms. The maximum atomic E-state index is 10.6. The monoisotopic (exact) mass is 236 g/mol. The Morgan fingerprint density at radius 1 is 1.38 bits per heavy atom. The van der Waals surface area contributed by atoms with Gasteiger partial charge in [-0.05, 0) is 30.3 Å². The molecule has 2 rings (SSSR count). The van der Waals surface area contributed by atoms with Gasteiger partial charge in [0, 0.05) is 22.5 Å². The molecule has 2 aromatic rings. The number of carboxylic acid groups (broad SMARTS) is 1. The van der Waals surface area contributed by atoms with Crippen molar-refractivity contribution in [1.82, 2.24) is 4.98 Å². The second-order valence-electron chi connectivity index (χ2n) is 3.20. The third-order valence-electron chi connectivity index (χ3n) is 2.11. The predicted octanol–water partition coefficient (Wildman–Crippen LogP) is 3.43. The highest BCUT2D eigenvalue weighted by Gasteiger charge is 2.08. The van der Waals surface area contributed by atoms with E-state index in [9.17, 15) is 4.79 Å². The first-order chi connectivity index (χ1) is 7.66. The van der Waals surface area contributed by atoms with Crippen molar-refractivity contribution >= 4 is 23.4 Å². The highest BCUT2D eigenvalue weighted by Crippen LogP contribution is 2.29. The van der Waals surface area contributed by atoms with Gasteiger partial charge in [-0.1, -0.05) is 11.6 Å². The molecular weight excluding hydrogens is 228 g/mol. The van der Waals surface area contributed by atoms with Gasteiger partial charge in [-0.2, -0.15) is 0 Å². The molecule has 0 saturated heterocycles. The summed E-state index contributed by atoms with van der Waals surface area (Å²) in [6.45, 7) is 0. The van der Waals surface area contributed by atoms with E-state index in [1.54, 1.807) is 24.4 Å². The highest BCUT2D eigenvalue weighted by molar-refractivity contribution is 6.31. The van der Waals surface area contributed by atoms with E-state index >= 15 is 0 Å². The van der Waals surface area contributed by atoms with Crippen LogP contribution in [0.15, 0.2) is 36.5 Å². The van der Waals surface area contributed by atoms with E-state index < -0.39 is 6.09 Å². The lowest BCUT2D eigenvalue weighted by atomic mass is 10.1. The molecule has 0 aliphatic carbocycles. The van der Waals surface area contributed by atoms with Gasteiger partial charge in [-0.15, -0.1) is 0 Å². The van der Waals surface area contributed by atoms with Crippen molar-refractivity contribution in [3.63, 3.8) is 0 Å². The topological polar surface area (TPSA) is 65.1 Å². The van der Waals surface area contributed by atoms with E-state index in [1.165, 1.54) is 0 Å². The zero-order valence-corrected chi connectivity index (χ0v) is 8.95. The number of amides is 1. The van der Waals surface area contributed by atoms with Crippen molar-refractivity contribution in [2.75, 3.05) is 5.32 Å². The standard InChI is InChI=1S/C11H9ClN2O2/c12-7-3-4-10(14-11(15)16)8(6-7)9-2-1-5-13-9/h1-6,13-14H,(H,15,16). The van der Waals surface area contributed by atoms with Gasteiger partial charge >= 0.3 is 6.09 Å². The minimum atomic E-state index is -1.10. The summed E-state index contributed by atoms with van der Waals surface area (Å²) >= 11 is 5.88. The summed E-state index contributed by atoms with van der Waals surface area (Å²) in [6, 6.07) is 8.66. The molecule has 0 unspecified atom stereocenters. The second kappa shape index (κ2) is 4.28. The van der Waals surface area contributed by atoms with Gasteiger partial charge in [0.2, 0.25) is 0 Å². The third-order valence-corrected chi connectivity index (χ3v) is 2.35. The lowest BCUT2D eigenvalue weighted by molar-refractivity contribution is 0.210. The van der Waals surface area contributed by atoms with Gasteiger partial charge in [-0.3, -0.25) is 5.32 Å². The van der Waals surface area contributed by atoms with Crippen molar-refractivity contribution in [1.29, 1.82) is 0 Å². The van der Waals surface area contributed by atoms with E-state index in [4.69, 9.17) is 16.7 Å². The zero-order valence-electron chi connectivity index (χ0n) is 8.20. The lowest BCUT2D eigenvalue weighted by Crippen LogP contribution is -2.08. The fourth-order valence-corrected chi connectivity index (χ4v) is 1.63. The van der Waals surface area contributed by atoms with Crippen LogP contribution in [0.25, 0.3) is 11.3 Å². The number of aromatic amines is 1. The van der Waals surface area contributed by atoms with E-state index in [-0.39, 0.29) is 0 Å². The summed E-state index contributed by atoms with van der Waals surface area (Å²) in [7, 11) is 0. The lowest BCUT2D eigenvalue weighted by Gasteiger charge is -2.08. The van der Waals surface area contributed by atoms with Crippen molar-refractivity contribution < 1.29 is 9.90 Å². The summed E-state index contributed by atoms with van der Waals surface area (Å²) in [5.41, 5.74) is 2.03. The zero-order chi connectivity index (χ0) is 11.5. The van der Waals surface area contributed by atoms with E-state index in [0.29, 0.717) is 10.7 Å². The minimum Gasteiger partial charge on any atom is -0.465 e. The summed E-state index contributed by atoms with van der Waals surface area (Å²) < 4.78 is 0. The van der Waals surface area contributed by atoms with Crippen LogP contribution in [0.1, 0.15) is 0 Å². The molecule has 1 heterocycles. The van der Waals surface area contributed by atoms with Crippen LogP contribution in [0.2, 0.25) is 5.02 Å². The number of nitrogens with one attached hydrogen (secondary N) is 2. The Kier molecular flexibility index (Phi) is 2.83. The van der Waals surface area contributed by atoms with Gasteiger partial charge < -0.3 is 10.1 Å². The minimum absolute atomic E-state index is 0.499. The van der Waals surface area contributed by atoms with Gasteiger partial charge in [0.1, 0.15) is 0 Å². The molecule has 1 aromatic carbocycles. The number of halogens is 1. The predicted molar refractivity (Wildman–Crippen MR) is 62.9 cm³/mol. The third kappa shape index (κ3) is 2.17. The van der Waals surface area contributed by atoms with Crippen LogP contribution in [0.5, 0.6) is 0 Å². The molecule has 0 aliphatic rings. The normalized spacial score (nSPS) is 10.1. The van der Waals surface area contributed by atoms with Crippen LogP contribution in [-0.2, 0) is 0 Å². The van der Waals surface area contributed by atoms with Crippen molar-refractivity contribution in [3.05, 3.63) is 41.6 Å². The van der Waals surface area contributed by atoms with Gasteiger partial charge in [0.15, 0.2) is 0 Å². The highest BCUT2D eigenvalue weighted by atomic mass is 35.5.